The van der Waals surface area contributed by atoms with E-state index in [1.807, 2.05) is 31.2 Å². The van der Waals surface area contributed by atoms with Crippen molar-refractivity contribution in [3.63, 3.8) is 0 Å². The Hall–Kier alpha value is -2.69. The van der Waals surface area contributed by atoms with Crippen molar-refractivity contribution >= 4 is 16.6 Å². The number of anilines is 1. The summed E-state index contributed by atoms with van der Waals surface area (Å²) in [4.78, 5) is 13.2. The molecule has 1 aromatic heterocycles. The van der Waals surface area contributed by atoms with Crippen molar-refractivity contribution in [3.8, 4) is 11.5 Å². The molecule has 0 atom stereocenters. The Labute approximate surface area is 180 Å². The minimum Gasteiger partial charge on any atom is -0.489 e. The lowest BCUT2D eigenvalue weighted by Gasteiger charge is -2.18. The van der Waals surface area contributed by atoms with E-state index in [0.717, 1.165) is 36.6 Å². The van der Waals surface area contributed by atoms with E-state index in [2.05, 4.69) is 33.8 Å². The van der Waals surface area contributed by atoms with Crippen LogP contribution in [0, 0.1) is 0 Å². The van der Waals surface area contributed by atoms with Crippen molar-refractivity contribution < 1.29 is 9.47 Å². The number of ether oxygens (including phenoxy) is 2. The average Bonchev–Trinajstić information content (AvgIpc) is 2.69. The fourth-order valence-corrected chi connectivity index (χ4v) is 3.28. The maximum absolute atomic E-state index is 13.2. The quantitative estimate of drug-likeness (QED) is 0.285. The number of rotatable bonds is 11. The molecular formula is C25H36N2O3. The third-order valence-corrected chi connectivity index (χ3v) is 5.01. The highest BCUT2D eigenvalue weighted by molar-refractivity contribution is 5.90. The van der Waals surface area contributed by atoms with Crippen molar-refractivity contribution in [1.29, 1.82) is 0 Å². The molecule has 0 saturated carbocycles. The van der Waals surface area contributed by atoms with E-state index in [-0.39, 0.29) is 11.3 Å². The maximum Gasteiger partial charge on any atom is 0.297 e. The predicted molar refractivity (Wildman–Crippen MR) is 127 cm³/mol. The first-order chi connectivity index (χ1) is 14.4. The largest absolute Gasteiger partial charge is 0.489 e. The van der Waals surface area contributed by atoms with E-state index in [4.69, 9.17) is 15.2 Å². The van der Waals surface area contributed by atoms with Gasteiger partial charge in [-0.1, -0.05) is 30.6 Å². The van der Waals surface area contributed by atoms with Gasteiger partial charge < -0.3 is 19.8 Å². The van der Waals surface area contributed by atoms with E-state index in [1.54, 1.807) is 4.57 Å². The van der Waals surface area contributed by atoms with E-state index < -0.39 is 0 Å². The number of fused-ring (bicyclic) bond motifs is 1. The zero-order chi connectivity index (χ0) is 22.1. The molecule has 30 heavy (non-hydrogen) atoms. The average molecular weight is 413 g/mol. The number of hydrogen-bond acceptors (Lipinski definition) is 4. The van der Waals surface area contributed by atoms with Gasteiger partial charge in [0.2, 0.25) is 5.75 Å². The van der Waals surface area contributed by atoms with Crippen molar-refractivity contribution in [2.75, 3.05) is 18.9 Å². The van der Waals surface area contributed by atoms with Crippen molar-refractivity contribution in [2.45, 2.75) is 66.8 Å². The molecule has 0 aliphatic rings. The first kappa shape index (κ1) is 23.6. The molecule has 164 valence electrons. The Morgan fingerprint density at radius 2 is 1.87 bits per heavy atom. The summed E-state index contributed by atoms with van der Waals surface area (Å²) in [5.74, 6) is 0.794. The minimum atomic E-state index is -0.183. The lowest BCUT2D eigenvalue weighted by atomic mass is 10.1. The lowest BCUT2D eigenvalue weighted by molar-refractivity contribution is 0.278. The van der Waals surface area contributed by atoms with E-state index >= 15 is 0 Å². The summed E-state index contributed by atoms with van der Waals surface area (Å²) in [6.07, 6.45) is 8.18. The van der Waals surface area contributed by atoms with Crippen LogP contribution in [-0.2, 0) is 6.54 Å². The van der Waals surface area contributed by atoms with Gasteiger partial charge in [-0.15, -0.1) is 0 Å². The van der Waals surface area contributed by atoms with Crippen LogP contribution in [0.5, 0.6) is 11.5 Å². The second kappa shape index (κ2) is 11.5. The highest BCUT2D eigenvalue weighted by Crippen LogP contribution is 2.34. The second-order valence-electron chi connectivity index (χ2n) is 7.87. The molecule has 0 aliphatic heterocycles. The number of allylic oxidation sites excluding steroid dienone is 3. The minimum absolute atomic E-state index is 0.183. The van der Waals surface area contributed by atoms with Gasteiger partial charge >= 0.3 is 0 Å². The molecule has 2 aromatic rings. The summed E-state index contributed by atoms with van der Waals surface area (Å²) in [5, 5.41) is 0.848. The fourth-order valence-electron chi connectivity index (χ4n) is 3.28. The van der Waals surface area contributed by atoms with Crippen molar-refractivity contribution in [1.82, 2.24) is 4.57 Å². The van der Waals surface area contributed by atoms with Crippen LogP contribution in [-0.4, -0.2) is 17.8 Å². The van der Waals surface area contributed by atoms with Crippen LogP contribution in [0.4, 0.5) is 5.69 Å². The zero-order valence-electron chi connectivity index (χ0n) is 19.1. The van der Waals surface area contributed by atoms with Gasteiger partial charge in [0.15, 0.2) is 5.75 Å². The molecule has 0 bridgehead atoms. The summed E-state index contributed by atoms with van der Waals surface area (Å²) in [6.45, 7) is 11.8. The summed E-state index contributed by atoms with van der Waals surface area (Å²) in [5.41, 5.74) is 9.75. The molecule has 0 fully saturated rings. The number of unbranched alkanes of at least 4 members (excludes halogenated alkanes) is 1. The molecule has 1 heterocycles. The molecule has 0 amide bonds. The normalized spacial score (nSPS) is 11.6. The number of nitrogens with zero attached hydrogens (tertiary/aromatic N) is 1. The number of aryl methyl sites for hydroxylation is 1. The maximum atomic E-state index is 13.2. The Balaban J connectivity index is 2.37. The van der Waals surface area contributed by atoms with Gasteiger partial charge in [0, 0.05) is 17.6 Å². The molecule has 0 unspecified atom stereocenters. The summed E-state index contributed by atoms with van der Waals surface area (Å²) in [7, 11) is 0. The second-order valence-corrected chi connectivity index (χ2v) is 7.87. The topological polar surface area (TPSA) is 66.5 Å². The lowest BCUT2D eigenvalue weighted by Crippen LogP contribution is -2.23. The molecule has 2 N–H and O–H groups in total. The molecule has 2 rings (SSSR count). The molecule has 0 radical (unpaired) electrons. The summed E-state index contributed by atoms with van der Waals surface area (Å²) >= 11 is 0. The molecule has 5 nitrogen and oxygen atoms in total. The van der Waals surface area contributed by atoms with Gasteiger partial charge in [-0.3, -0.25) is 4.79 Å². The molecule has 0 aliphatic carbocycles. The number of nitrogens with two attached hydrogens (primary N) is 1. The number of hydrogen-bond donors (Lipinski definition) is 1. The van der Waals surface area contributed by atoms with Crippen LogP contribution in [0.3, 0.4) is 0 Å². The standard InChI is InChI=1S/C25H36N2O3/c1-6-8-15-29-23-21-13-12-20(26)17-22(21)27(7-2)25(28)24(23)30-16-14-19(5)11-9-10-18(3)4/h10,12-14,17H,6-9,11,15-16,26H2,1-5H3. The number of benzene rings is 1. The van der Waals surface area contributed by atoms with Crippen molar-refractivity contribution in [2.24, 2.45) is 0 Å². The van der Waals surface area contributed by atoms with Gasteiger partial charge in [0.25, 0.3) is 5.56 Å². The third-order valence-electron chi connectivity index (χ3n) is 5.01. The van der Waals surface area contributed by atoms with Gasteiger partial charge in [-0.2, -0.15) is 0 Å². The van der Waals surface area contributed by atoms with Crippen LogP contribution in [0.25, 0.3) is 10.9 Å². The highest BCUT2D eigenvalue weighted by Gasteiger charge is 2.19. The van der Waals surface area contributed by atoms with Gasteiger partial charge in [0.05, 0.1) is 12.1 Å². The predicted octanol–water partition coefficient (Wildman–Crippen LogP) is 5.85. The Morgan fingerprint density at radius 1 is 1.10 bits per heavy atom. The van der Waals surface area contributed by atoms with Crippen molar-refractivity contribution in [3.05, 3.63) is 51.9 Å². The molecular weight excluding hydrogens is 376 g/mol. The first-order valence-corrected chi connectivity index (χ1v) is 10.9. The smallest absolute Gasteiger partial charge is 0.297 e. The Kier molecular flexibility index (Phi) is 9.03. The van der Waals surface area contributed by atoms with Crippen LogP contribution in [0.2, 0.25) is 0 Å². The number of pyridine rings is 1. The monoisotopic (exact) mass is 412 g/mol. The summed E-state index contributed by atoms with van der Waals surface area (Å²) < 4.78 is 13.7. The Morgan fingerprint density at radius 3 is 2.53 bits per heavy atom. The highest BCUT2D eigenvalue weighted by atomic mass is 16.5. The molecule has 5 heteroatoms. The fraction of sp³-hybridized carbons (Fsp3) is 0.480. The summed E-state index contributed by atoms with van der Waals surface area (Å²) in [6, 6.07) is 5.56. The third kappa shape index (κ3) is 6.15. The molecule has 0 spiro atoms. The van der Waals surface area contributed by atoms with E-state index in [0.29, 0.717) is 31.2 Å². The van der Waals surface area contributed by atoms with Crippen LogP contribution in [0.15, 0.2) is 46.3 Å². The zero-order valence-corrected chi connectivity index (χ0v) is 19.1. The van der Waals surface area contributed by atoms with E-state index in [1.165, 1.54) is 11.1 Å². The Bertz CT molecular complexity index is 966. The number of nitrogen functional groups attached to an aromatic ring is 1. The van der Waals surface area contributed by atoms with Gasteiger partial charge in [-0.05, 0) is 71.2 Å². The molecule has 1 aromatic carbocycles. The van der Waals surface area contributed by atoms with Crippen LogP contribution < -0.4 is 20.8 Å². The van der Waals surface area contributed by atoms with Crippen LogP contribution >= 0.6 is 0 Å². The van der Waals surface area contributed by atoms with Gasteiger partial charge in [-0.25, -0.2) is 0 Å². The SMILES string of the molecule is CCCCOc1c(OCC=C(C)CCC=C(C)C)c(=O)n(CC)c2cc(N)ccc12. The van der Waals surface area contributed by atoms with E-state index in [9.17, 15) is 4.79 Å². The number of aromatic nitrogens is 1. The first-order valence-electron chi connectivity index (χ1n) is 10.9. The van der Waals surface area contributed by atoms with Crippen LogP contribution in [0.1, 0.15) is 60.3 Å². The molecule has 0 saturated heterocycles. The van der Waals surface area contributed by atoms with Gasteiger partial charge in [0.1, 0.15) is 6.61 Å².